The molecule has 0 aliphatic rings. The van der Waals surface area contributed by atoms with Crippen molar-refractivity contribution >= 4 is 76.1 Å². The molecule has 0 saturated heterocycles. The number of amides is 11. The first-order chi connectivity index (χ1) is 41.1. The van der Waals surface area contributed by atoms with Gasteiger partial charge in [0, 0.05) is 62.3 Å². The number of nitrogens with zero attached hydrogens (tertiary/aromatic N) is 2. The zero-order valence-electron chi connectivity index (χ0n) is 48.0. The van der Waals surface area contributed by atoms with Crippen LogP contribution in [-0.4, -0.2) is 149 Å². The van der Waals surface area contributed by atoms with Gasteiger partial charge in [-0.25, -0.2) is 10.2 Å². The molecule has 3 aromatic carbocycles. The Morgan fingerprint density at radius 3 is 1.72 bits per heavy atom. The Morgan fingerprint density at radius 2 is 1.10 bits per heavy atom. The Hall–Kier alpha value is -9.96. The SMILES string of the molecule is CN=C(N)NCCC[C@H](NC(=O)[C@H](CC(C)C)NC(=O)NNC(=O)[C@H](Cc1ccccc1)NC(=O)[C@H](CO)NC(=O)[C@H](CC(N)=O)NC(=O)[C@H](Cc1c[nH]c2ccccc12)NC(=O)[C@H](N)Cc1cccnc1)C(=O)N[C@@H](Cc1ccccc1)C(N)=O. The smallest absolute Gasteiger partial charge is 0.334 e. The molecule has 460 valence electrons. The second kappa shape index (κ2) is 34.0. The van der Waals surface area contributed by atoms with Gasteiger partial charge < -0.3 is 75.6 Å². The molecule has 0 saturated carbocycles. The van der Waals surface area contributed by atoms with Crippen molar-refractivity contribution in [3.05, 3.63) is 138 Å². The third kappa shape index (κ3) is 22.0. The number of primary amides is 2. The maximum Gasteiger partial charge on any atom is 0.334 e. The molecule has 5 rings (SSSR count). The van der Waals surface area contributed by atoms with E-state index in [1.807, 2.05) is 6.07 Å². The van der Waals surface area contributed by atoms with Crippen molar-refractivity contribution in [3.8, 4) is 0 Å². The number of hydrogen-bond acceptors (Lipinski definition) is 14. The van der Waals surface area contributed by atoms with E-state index >= 15 is 0 Å². The van der Waals surface area contributed by atoms with Gasteiger partial charge in [0.1, 0.15) is 42.3 Å². The van der Waals surface area contributed by atoms with Crippen molar-refractivity contribution in [2.75, 3.05) is 20.2 Å². The maximum atomic E-state index is 14.2. The fraction of sp³-hybridized carbons (Fsp3) is 0.379. The molecule has 2 aromatic heterocycles. The quantitative estimate of drug-likeness (QED) is 0.00915. The third-order valence-corrected chi connectivity index (χ3v) is 13.4. The van der Waals surface area contributed by atoms with Gasteiger partial charge in [-0.2, -0.15) is 0 Å². The van der Waals surface area contributed by atoms with Crippen LogP contribution in [0.5, 0.6) is 0 Å². The van der Waals surface area contributed by atoms with Gasteiger partial charge in [0.05, 0.1) is 19.1 Å². The lowest BCUT2D eigenvalue weighted by Gasteiger charge is -2.26. The number of carbonyl (C=O) groups is 10. The van der Waals surface area contributed by atoms with Gasteiger partial charge in [0.15, 0.2) is 5.96 Å². The van der Waals surface area contributed by atoms with Crippen LogP contribution >= 0.6 is 0 Å². The number of guanidine groups is 1. The van der Waals surface area contributed by atoms with E-state index in [1.54, 1.807) is 117 Å². The molecule has 20 N–H and O–H groups in total. The molecule has 0 spiro atoms. The van der Waals surface area contributed by atoms with Crippen molar-refractivity contribution in [2.24, 2.45) is 33.8 Å². The molecule has 0 bridgehead atoms. The molecule has 8 atom stereocenters. The number of nitrogens with two attached hydrogens (primary N) is 4. The van der Waals surface area contributed by atoms with Gasteiger partial charge in [-0.15, -0.1) is 0 Å². The van der Waals surface area contributed by atoms with E-state index in [4.69, 9.17) is 22.9 Å². The number of carbonyl (C=O) groups excluding carboxylic acids is 10. The first-order valence-electron chi connectivity index (χ1n) is 27.7. The van der Waals surface area contributed by atoms with Crippen LogP contribution in [0, 0.1) is 5.92 Å². The second-order valence-corrected chi connectivity index (χ2v) is 20.7. The van der Waals surface area contributed by atoms with Gasteiger partial charge in [0.25, 0.3) is 5.91 Å². The number of hydrazine groups is 1. The van der Waals surface area contributed by atoms with Crippen molar-refractivity contribution < 1.29 is 53.1 Å². The van der Waals surface area contributed by atoms with Crippen molar-refractivity contribution in [3.63, 3.8) is 0 Å². The number of aliphatic imine (C=N–C) groups is 1. The number of urea groups is 1. The van der Waals surface area contributed by atoms with Gasteiger partial charge in [-0.05, 0) is 66.0 Å². The van der Waals surface area contributed by atoms with Crippen LogP contribution in [0.4, 0.5) is 4.79 Å². The molecule has 0 aliphatic carbocycles. The fourth-order valence-electron chi connectivity index (χ4n) is 8.94. The molecule has 5 aromatic rings. The number of aliphatic hydroxyl groups excluding tert-OH is 1. The average Bonchev–Trinajstić information content (AvgIpc) is 3.41. The number of rotatable bonds is 32. The Morgan fingerprint density at radius 1 is 0.570 bits per heavy atom. The number of aromatic amines is 1. The molecule has 2 heterocycles. The number of H-pyrrole nitrogens is 1. The van der Waals surface area contributed by atoms with E-state index in [9.17, 15) is 53.1 Å². The highest BCUT2D eigenvalue weighted by Crippen LogP contribution is 2.20. The van der Waals surface area contributed by atoms with Gasteiger partial charge in [0.2, 0.25) is 47.3 Å². The summed E-state index contributed by atoms with van der Waals surface area (Å²) in [6.45, 7) is 2.74. The Labute approximate surface area is 496 Å². The highest BCUT2D eigenvalue weighted by Gasteiger charge is 2.35. The fourth-order valence-corrected chi connectivity index (χ4v) is 8.94. The summed E-state index contributed by atoms with van der Waals surface area (Å²) in [6.07, 6.45) is 4.10. The largest absolute Gasteiger partial charge is 0.394 e. The minimum atomic E-state index is -1.82. The van der Waals surface area contributed by atoms with E-state index in [-0.39, 0.29) is 63.4 Å². The summed E-state index contributed by atoms with van der Waals surface area (Å²) < 4.78 is 0. The van der Waals surface area contributed by atoms with E-state index in [0.29, 0.717) is 22.3 Å². The minimum Gasteiger partial charge on any atom is -0.394 e. The van der Waals surface area contributed by atoms with Crippen LogP contribution in [0.2, 0.25) is 0 Å². The zero-order chi connectivity index (χ0) is 62.7. The molecule has 0 aliphatic heterocycles. The molecular formula is C58H77N17O11. The van der Waals surface area contributed by atoms with E-state index in [0.717, 1.165) is 10.9 Å². The number of fused-ring (bicyclic) bond motifs is 1. The van der Waals surface area contributed by atoms with Gasteiger partial charge in [-0.3, -0.25) is 58.6 Å². The van der Waals surface area contributed by atoms with Gasteiger partial charge >= 0.3 is 6.03 Å². The summed E-state index contributed by atoms with van der Waals surface area (Å²) in [4.78, 5) is 147. The zero-order valence-corrected chi connectivity index (χ0v) is 48.0. The predicted molar refractivity (Wildman–Crippen MR) is 318 cm³/mol. The highest BCUT2D eigenvalue weighted by atomic mass is 16.3. The number of aliphatic hydroxyl groups is 1. The summed E-state index contributed by atoms with van der Waals surface area (Å²) in [5, 5.41) is 31.8. The van der Waals surface area contributed by atoms with Crippen LogP contribution in [0.25, 0.3) is 10.9 Å². The second-order valence-electron chi connectivity index (χ2n) is 20.7. The summed E-state index contributed by atoms with van der Waals surface area (Å²) in [5.74, 6) is -8.40. The lowest BCUT2D eigenvalue weighted by Crippen LogP contribution is -2.61. The number of pyridine rings is 1. The summed E-state index contributed by atoms with van der Waals surface area (Å²) in [7, 11) is 1.48. The third-order valence-electron chi connectivity index (χ3n) is 13.4. The normalized spacial score (nSPS) is 14.0. The van der Waals surface area contributed by atoms with Crippen LogP contribution < -0.4 is 76.3 Å². The molecule has 28 heteroatoms. The molecule has 0 fully saturated rings. The summed E-state index contributed by atoms with van der Waals surface area (Å²) in [6, 6.07) is 15.3. The number of benzene rings is 3. The highest BCUT2D eigenvalue weighted by molar-refractivity contribution is 5.99. The Kier molecular flexibility index (Phi) is 26.4. The summed E-state index contributed by atoms with van der Waals surface area (Å²) >= 11 is 0. The predicted octanol–water partition coefficient (Wildman–Crippen LogP) is -2.52. The Balaban J connectivity index is 1.27. The first-order valence-corrected chi connectivity index (χ1v) is 27.7. The molecule has 28 nitrogen and oxygen atoms in total. The monoisotopic (exact) mass is 1190 g/mol. The number of para-hydroxylation sites is 1. The number of hydrogen-bond donors (Lipinski definition) is 16. The van der Waals surface area contributed by atoms with Crippen LogP contribution in [0.3, 0.4) is 0 Å². The van der Waals surface area contributed by atoms with E-state index in [1.165, 1.54) is 13.2 Å². The molecule has 0 radical (unpaired) electrons. The first kappa shape index (κ1) is 66.8. The Bertz CT molecular complexity index is 3130. The van der Waals surface area contributed by atoms with Crippen molar-refractivity contribution in [1.82, 2.24) is 63.4 Å². The number of nitrogens with one attached hydrogen (secondary N) is 11. The molecule has 86 heavy (non-hydrogen) atoms. The van der Waals surface area contributed by atoms with Crippen LogP contribution in [0.1, 0.15) is 61.8 Å². The number of aromatic nitrogens is 2. The van der Waals surface area contributed by atoms with E-state index in [2.05, 4.69) is 68.3 Å². The lowest BCUT2D eigenvalue weighted by molar-refractivity contribution is -0.136. The maximum absolute atomic E-state index is 14.2. The topological polar surface area (TPSA) is 456 Å². The summed E-state index contributed by atoms with van der Waals surface area (Å²) in [5.41, 5.74) is 30.9. The van der Waals surface area contributed by atoms with Crippen molar-refractivity contribution in [1.29, 1.82) is 0 Å². The molecule has 11 amide bonds. The molecule has 0 unspecified atom stereocenters. The van der Waals surface area contributed by atoms with Crippen molar-refractivity contribution in [2.45, 2.75) is 114 Å². The van der Waals surface area contributed by atoms with Gasteiger partial charge in [-0.1, -0.05) is 98.8 Å². The standard InChI is InChI=1S/C58H77N17O11/c1-33(2)24-43(52(81)67-41(21-13-23-65-57(62)63-3)51(80)68-42(49(61)78)26-34-14-6-4-7-15-34)73-58(86)75-74-56(85)44(27-35-16-8-5-9-17-35)70-55(84)47(32-76)72-54(83)46(29-48(60)77)71-53(82)45(28-37-31-66-40-20-11-10-19-38(37)40)69-50(79)39(59)25-36-18-12-22-64-30-36/h4-12,14-20,22,30-31,33,39,41-47,66,76H,13,21,23-29,32,59H2,1-3H3,(H2,60,77)(H2,61,78)(H,67,81)(H,68,80)(H,69,79)(H,70,84)(H,71,82)(H,72,83)(H,74,85)(H3,62,63,65)(H2,73,75,86)/t39-,41+,42+,43+,44+,45+,46+,47+/m1/s1. The average molecular weight is 1190 g/mol. The van der Waals surface area contributed by atoms with Crippen LogP contribution in [0.15, 0.2) is 121 Å². The minimum absolute atomic E-state index is 0.0358. The van der Waals surface area contributed by atoms with Crippen LogP contribution in [-0.2, 0) is 68.8 Å². The lowest BCUT2D eigenvalue weighted by atomic mass is 10.0. The van der Waals surface area contributed by atoms with E-state index < -0.39 is 121 Å². The molecular weight excluding hydrogens is 1110 g/mol.